The van der Waals surface area contributed by atoms with Gasteiger partial charge in [0.1, 0.15) is 16.5 Å². The van der Waals surface area contributed by atoms with Crippen molar-refractivity contribution in [1.82, 2.24) is 5.32 Å². The molecule has 34 heavy (non-hydrogen) atoms. The van der Waals surface area contributed by atoms with Crippen molar-refractivity contribution in [3.63, 3.8) is 0 Å². The average molecular weight is 479 g/mol. The standard InChI is InChI=1S/C28H34N2O3S/c1-18(2)33-21-11-8-19(9-12-21)16-30-27-25(26(31)29-17-22-7-6-14-32-22)23-13-10-20(28(3,4)5)15-24(23)34-27/h6-9,11-12,14,16,18,20H,10,13,15,17H2,1-5H3,(H,29,31)/t20-/m1/s1. The molecule has 2 aromatic heterocycles. The molecule has 0 unspecified atom stereocenters. The van der Waals surface area contributed by atoms with Crippen molar-refractivity contribution in [3.05, 3.63) is 70.0 Å². The number of carbonyl (C=O) groups excluding carboxylic acids is 1. The maximum Gasteiger partial charge on any atom is 0.255 e. The Morgan fingerprint density at radius 2 is 2.03 bits per heavy atom. The molecule has 5 nitrogen and oxygen atoms in total. The largest absolute Gasteiger partial charge is 0.491 e. The van der Waals surface area contributed by atoms with Crippen molar-refractivity contribution in [2.45, 2.75) is 66.5 Å². The minimum absolute atomic E-state index is 0.0871. The van der Waals surface area contributed by atoms with Gasteiger partial charge in [-0.1, -0.05) is 20.8 Å². The fraction of sp³-hybridized carbons (Fsp3) is 0.429. The maximum atomic E-state index is 13.3. The van der Waals surface area contributed by atoms with Gasteiger partial charge in [0.2, 0.25) is 0 Å². The molecule has 2 heterocycles. The zero-order chi connectivity index (χ0) is 24.3. The SMILES string of the molecule is CC(C)Oc1ccc(C=Nc2sc3c(c2C(=O)NCc2ccco2)CC[C@@H](C(C)(C)C)C3)cc1. The summed E-state index contributed by atoms with van der Waals surface area (Å²) in [4.78, 5) is 19.4. The zero-order valence-corrected chi connectivity index (χ0v) is 21.5. The third-order valence-electron chi connectivity index (χ3n) is 6.28. The highest BCUT2D eigenvalue weighted by Crippen LogP contribution is 2.45. The van der Waals surface area contributed by atoms with Crippen molar-refractivity contribution in [3.8, 4) is 5.75 Å². The molecule has 0 saturated carbocycles. The molecule has 3 aromatic rings. The summed E-state index contributed by atoms with van der Waals surface area (Å²) in [7, 11) is 0. The van der Waals surface area contributed by atoms with Crippen LogP contribution in [0, 0.1) is 11.3 Å². The van der Waals surface area contributed by atoms with Gasteiger partial charge in [0.05, 0.1) is 24.5 Å². The lowest BCUT2D eigenvalue weighted by Gasteiger charge is -2.33. The number of hydrogen-bond donors (Lipinski definition) is 1. The Labute approximate surface area is 206 Å². The van der Waals surface area contributed by atoms with Gasteiger partial charge in [0.25, 0.3) is 5.91 Å². The van der Waals surface area contributed by atoms with Gasteiger partial charge in [-0.2, -0.15) is 0 Å². The Hall–Kier alpha value is -2.86. The minimum Gasteiger partial charge on any atom is -0.491 e. The van der Waals surface area contributed by atoms with Crippen LogP contribution in [0.15, 0.2) is 52.1 Å². The van der Waals surface area contributed by atoms with Crippen LogP contribution in [0.5, 0.6) is 5.75 Å². The van der Waals surface area contributed by atoms with Gasteiger partial charge in [0, 0.05) is 11.1 Å². The number of ether oxygens (including phenoxy) is 1. The van der Waals surface area contributed by atoms with Gasteiger partial charge < -0.3 is 14.5 Å². The van der Waals surface area contributed by atoms with E-state index in [1.54, 1.807) is 17.6 Å². The number of rotatable bonds is 7. The zero-order valence-electron chi connectivity index (χ0n) is 20.7. The van der Waals surface area contributed by atoms with Crippen molar-refractivity contribution in [2.24, 2.45) is 16.3 Å². The number of nitrogens with zero attached hydrogens (tertiary/aromatic N) is 1. The fourth-order valence-corrected chi connectivity index (χ4v) is 5.61. The summed E-state index contributed by atoms with van der Waals surface area (Å²) in [5.74, 6) is 2.09. The number of furan rings is 1. The number of amides is 1. The number of hydrogen-bond acceptors (Lipinski definition) is 5. The second kappa shape index (κ2) is 10.2. The maximum absolute atomic E-state index is 13.3. The Morgan fingerprint density at radius 3 is 2.68 bits per heavy atom. The number of benzene rings is 1. The molecule has 0 spiro atoms. The van der Waals surface area contributed by atoms with E-state index in [9.17, 15) is 4.79 Å². The van der Waals surface area contributed by atoms with E-state index in [4.69, 9.17) is 14.1 Å². The second-order valence-corrected chi connectivity index (χ2v) is 11.3. The van der Waals surface area contributed by atoms with Gasteiger partial charge in [-0.05, 0) is 92.0 Å². The molecule has 1 atom stereocenters. The highest BCUT2D eigenvalue weighted by molar-refractivity contribution is 7.16. The molecule has 1 amide bonds. The Bertz CT molecular complexity index is 1140. The van der Waals surface area contributed by atoms with Crippen LogP contribution in [0.1, 0.15) is 73.2 Å². The van der Waals surface area contributed by atoms with Crippen LogP contribution in [0.2, 0.25) is 0 Å². The van der Waals surface area contributed by atoms with Gasteiger partial charge in [-0.15, -0.1) is 11.3 Å². The van der Waals surface area contributed by atoms with E-state index in [1.165, 1.54) is 4.88 Å². The summed E-state index contributed by atoms with van der Waals surface area (Å²) < 4.78 is 11.1. The highest BCUT2D eigenvalue weighted by Gasteiger charge is 2.33. The quantitative estimate of drug-likeness (QED) is 0.373. The summed E-state index contributed by atoms with van der Waals surface area (Å²) in [5, 5.41) is 3.80. The van der Waals surface area contributed by atoms with Crippen LogP contribution in [0.25, 0.3) is 0 Å². The lowest BCUT2D eigenvalue weighted by Crippen LogP contribution is -2.28. The molecule has 0 radical (unpaired) electrons. The van der Waals surface area contributed by atoms with E-state index in [2.05, 4.69) is 26.1 Å². The number of nitrogens with one attached hydrogen (secondary N) is 1. The van der Waals surface area contributed by atoms with Crippen molar-refractivity contribution in [2.75, 3.05) is 0 Å². The predicted molar refractivity (Wildman–Crippen MR) is 139 cm³/mol. The first-order valence-corrected chi connectivity index (χ1v) is 12.8. The van der Waals surface area contributed by atoms with E-state index >= 15 is 0 Å². The monoisotopic (exact) mass is 478 g/mol. The molecule has 1 aliphatic carbocycles. The van der Waals surface area contributed by atoms with Gasteiger partial charge in [0.15, 0.2) is 0 Å². The van der Waals surface area contributed by atoms with Crippen LogP contribution >= 0.6 is 11.3 Å². The lowest BCUT2D eigenvalue weighted by atomic mass is 9.72. The summed E-state index contributed by atoms with van der Waals surface area (Å²) in [6.07, 6.45) is 6.59. The number of carbonyl (C=O) groups is 1. The normalized spacial score (nSPS) is 16.1. The molecular weight excluding hydrogens is 444 g/mol. The fourth-order valence-electron chi connectivity index (χ4n) is 4.34. The third-order valence-corrected chi connectivity index (χ3v) is 7.45. The van der Waals surface area contributed by atoms with Gasteiger partial charge >= 0.3 is 0 Å². The molecule has 0 saturated heterocycles. The molecule has 0 bridgehead atoms. The number of thiophene rings is 1. The van der Waals surface area contributed by atoms with Crippen LogP contribution in [-0.4, -0.2) is 18.2 Å². The first-order valence-electron chi connectivity index (χ1n) is 12.0. The van der Waals surface area contributed by atoms with Gasteiger partial charge in [-0.25, -0.2) is 4.99 Å². The molecule has 1 aliphatic rings. The van der Waals surface area contributed by atoms with Crippen molar-refractivity contribution in [1.29, 1.82) is 0 Å². The van der Waals surface area contributed by atoms with Crippen LogP contribution in [-0.2, 0) is 19.4 Å². The van der Waals surface area contributed by atoms with Crippen molar-refractivity contribution >= 4 is 28.5 Å². The average Bonchev–Trinajstić information content (AvgIpc) is 3.43. The van der Waals surface area contributed by atoms with E-state index in [1.807, 2.05) is 56.5 Å². The number of aliphatic imine (C=N–C) groups is 1. The van der Waals surface area contributed by atoms with Gasteiger partial charge in [-0.3, -0.25) is 4.79 Å². The van der Waals surface area contributed by atoms with E-state index in [-0.39, 0.29) is 17.4 Å². The summed E-state index contributed by atoms with van der Waals surface area (Å²) in [5.41, 5.74) is 3.09. The Kier molecular flexibility index (Phi) is 7.27. The summed E-state index contributed by atoms with van der Waals surface area (Å²) in [6.45, 7) is 11.3. The lowest BCUT2D eigenvalue weighted by molar-refractivity contribution is 0.0947. The summed E-state index contributed by atoms with van der Waals surface area (Å²) in [6, 6.07) is 11.6. The Balaban J connectivity index is 1.60. The smallest absolute Gasteiger partial charge is 0.255 e. The minimum atomic E-state index is -0.0871. The first-order chi connectivity index (χ1) is 16.2. The summed E-state index contributed by atoms with van der Waals surface area (Å²) >= 11 is 1.66. The molecule has 0 fully saturated rings. The molecule has 1 aromatic carbocycles. The van der Waals surface area contributed by atoms with E-state index in [0.29, 0.717) is 12.5 Å². The van der Waals surface area contributed by atoms with E-state index in [0.717, 1.165) is 52.5 Å². The van der Waals surface area contributed by atoms with E-state index < -0.39 is 0 Å². The van der Waals surface area contributed by atoms with Crippen LogP contribution in [0.4, 0.5) is 5.00 Å². The number of fused-ring (bicyclic) bond motifs is 1. The molecule has 4 rings (SSSR count). The molecule has 6 heteroatoms. The Morgan fingerprint density at radius 1 is 1.26 bits per heavy atom. The molecule has 0 aliphatic heterocycles. The first kappa shape index (κ1) is 24.3. The molecule has 1 N–H and O–H groups in total. The van der Waals surface area contributed by atoms with Crippen LogP contribution in [0.3, 0.4) is 0 Å². The highest BCUT2D eigenvalue weighted by atomic mass is 32.1. The van der Waals surface area contributed by atoms with Crippen LogP contribution < -0.4 is 10.1 Å². The molecule has 180 valence electrons. The third kappa shape index (κ3) is 5.79. The molecular formula is C28H34N2O3S. The predicted octanol–water partition coefficient (Wildman–Crippen LogP) is 6.96. The second-order valence-electron chi connectivity index (χ2n) is 10.2. The topological polar surface area (TPSA) is 63.8 Å². The van der Waals surface area contributed by atoms with Crippen molar-refractivity contribution < 1.29 is 13.9 Å².